The van der Waals surface area contributed by atoms with Gasteiger partial charge in [-0.15, -0.1) is 0 Å². The van der Waals surface area contributed by atoms with Crippen LogP contribution < -0.4 is 28.9 Å². The van der Waals surface area contributed by atoms with Gasteiger partial charge in [-0.2, -0.15) is 0 Å². The van der Waals surface area contributed by atoms with Crippen molar-refractivity contribution in [1.29, 1.82) is 0 Å². The predicted molar refractivity (Wildman–Crippen MR) is 255 cm³/mol. The van der Waals surface area contributed by atoms with Crippen molar-refractivity contribution in [3.05, 3.63) is 136 Å². The number of nitrogens with zero attached hydrogens (tertiary/aromatic N) is 4. The number of ether oxygens (including phenoxy) is 4. The second kappa shape index (κ2) is 18.2. The second-order valence-electron chi connectivity index (χ2n) is 18.5. The Balaban J connectivity index is 1.00. The molecule has 4 heterocycles. The van der Waals surface area contributed by atoms with Crippen molar-refractivity contribution in [3.8, 4) is 17.2 Å². The van der Waals surface area contributed by atoms with Gasteiger partial charge in [0.05, 0.1) is 31.0 Å². The van der Waals surface area contributed by atoms with E-state index in [0.29, 0.717) is 54.5 Å². The van der Waals surface area contributed by atoms with E-state index in [4.69, 9.17) is 23.9 Å². The molecule has 0 saturated heterocycles. The Labute approximate surface area is 382 Å². The molecular weight excluding hydrogens is 817 g/mol. The topological polar surface area (TPSA) is 110 Å². The van der Waals surface area contributed by atoms with Gasteiger partial charge >= 0.3 is 0 Å². The Morgan fingerprint density at radius 3 is 2.17 bits per heavy atom. The predicted octanol–water partition coefficient (Wildman–Crippen LogP) is 10.2. The van der Waals surface area contributed by atoms with Crippen molar-refractivity contribution in [3.63, 3.8) is 0 Å². The average Bonchev–Trinajstić information content (AvgIpc) is 3.81. The zero-order valence-corrected chi connectivity index (χ0v) is 38.3. The van der Waals surface area contributed by atoms with Crippen LogP contribution in [-0.2, 0) is 42.0 Å². The second-order valence-corrected chi connectivity index (χ2v) is 18.5. The van der Waals surface area contributed by atoms with Crippen LogP contribution in [-0.4, -0.2) is 63.4 Å². The lowest BCUT2D eigenvalue weighted by atomic mass is 9.85. The number of aryl methyl sites for hydroxylation is 2. The molecule has 0 N–H and O–H groups in total. The number of hydrogen-bond donors (Lipinski definition) is 0. The monoisotopic (exact) mass is 874 g/mol. The van der Waals surface area contributed by atoms with Crippen molar-refractivity contribution in [2.24, 2.45) is 10.4 Å². The summed E-state index contributed by atoms with van der Waals surface area (Å²) in [7, 11) is 3.20. The fourth-order valence-corrected chi connectivity index (χ4v) is 9.62. The van der Waals surface area contributed by atoms with Crippen molar-refractivity contribution >= 4 is 46.7 Å². The normalized spacial score (nSPS) is 17.0. The summed E-state index contributed by atoms with van der Waals surface area (Å²) in [6.45, 7) is 9.60. The molecule has 4 aliphatic heterocycles. The number of benzene rings is 5. The minimum Gasteiger partial charge on any atom is -0.493 e. The fourth-order valence-electron chi connectivity index (χ4n) is 9.62. The van der Waals surface area contributed by atoms with Gasteiger partial charge in [0.15, 0.2) is 11.5 Å². The van der Waals surface area contributed by atoms with Crippen LogP contribution in [0.15, 0.2) is 96.0 Å². The Bertz CT molecular complexity index is 2690. The number of anilines is 3. The maximum Gasteiger partial charge on any atom is 0.261 e. The van der Waals surface area contributed by atoms with Crippen LogP contribution in [0, 0.1) is 12.3 Å². The lowest BCUT2D eigenvalue weighted by Gasteiger charge is -2.27. The van der Waals surface area contributed by atoms with Gasteiger partial charge in [-0.05, 0) is 120 Å². The van der Waals surface area contributed by atoms with E-state index in [0.717, 1.165) is 82.5 Å². The van der Waals surface area contributed by atoms with Crippen molar-refractivity contribution < 1.29 is 33.3 Å². The van der Waals surface area contributed by atoms with E-state index in [1.807, 2.05) is 83.6 Å². The average molecular weight is 875 g/mol. The molecule has 0 unspecified atom stereocenters. The molecule has 11 nitrogen and oxygen atoms in total. The molecule has 0 saturated carbocycles. The molecule has 0 spiro atoms. The highest BCUT2D eigenvalue weighted by Crippen LogP contribution is 2.42. The van der Waals surface area contributed by atoms with Gasteiger partial charge in [-0.25, -0.2) is 0 Å². The molecule has 2 atom stereocenters. The highest BCUT2D eigenvalue weighted by molar-refractivity contribution is 6.15. The van der Waals surface area contributed by atoms with Gasteiger partial charge in [-0.1, -0.05) is 63.6 Å². The van der Waals surface area contributed by atoms with Crippen molar-refractivity contribution in [2.45, 2.75) is 97.9 Å². The van der Waals surface area contributed by atoms with E-state index in [9.17, 15) is 14.4 Å². The molecule has 5 aromatic rings. The summed E-state index contributed by atoms with van der Waals surface area (Å²) in [4.78, 5) is 52.7. The number of rotatable bonds is 15. The van der Waals surface area contributed by atoms with Crippen LogP contribution >= 0.6 is 0 Å². The van der Waals surface area contributed by atoms with Gasteiger partial charge < -0.3 is 28.7 Å². The lowest BCUT2D eigenvalue weighted by Crippen LogP contribution is -2.37. The number of hydrogen-bond acceptors (Lipinski definition) is 8. The molecule has 4 aliphatic rings. The summed E-state index contributed by atoms with van der Waals surface area (Å²) in [5.41, 5.74) is 10.2. The molecule has 0 fully saturated rings. The van der Waals surface area contributed by atoms with Crippen LogP contribution in [0.25, 0.3) is 0 Å². The summed E-state index contributed by atoms with van der Waals surface area (Å²) in [5.74, 6) is 1.48. The third-order valence-electron chi connectivity index (χ3n) is 13.7. The maximum absolute atomic E-state index is 14.1. The van der Waals surface area contributed by atoms with Crippen LogP contribution in [0.1, 0.15) is 101 Å². The van der Waals surface area contributed by atoms with E-state index >= 15 is 0 Å². The zero-order valence-electron chi connectivity index (χ0n) is 38.3. The number of methoxy groups -OCH3 is 2. The summed E-state index contributed by atoms with van der Waals surface area (Å²) in [5, 5.41) is 0. The number of aliphatic imine (C=N–C) groups is 1. The summed E-state index contributed by atoms with van der Waals surface area (Å²) < 4.78 is 24.5. The van der Waals surface area contributed by atoms with Crippen molar-refractivity contribution in [1.82, 2.24) is 0 Å². The molecule has 5 aromatic carbocycles. The molecule has 0 aliphatic carbocycles. The molecule has 9 rings (SSSR count). The third-order valence-corrected chi connectivity index (χ3v) is 13.7. The SMILES string of the molecule is CCC(C)(C)CCC(=O)N(CCOC)c1cc(COc2cc3c(cc2C)C(=O)N2c4ccccc4C[C@H]2CC3)cc(COc2cc3c(cc2OC)C(=O)N2c4ccccc4C[C@H]2C=N3)c1. The van der Waals surface area contributed by atoms with Crippen LogP contribution in [0.5, 0.6) is 17.2 Å². The molecule has 65 heavy (non-hydrogen) atoms. The van der Waals surface area contributed by atoms with Gasteiger partial charge in [0.25, 0.3) is 11.8 Å². The zero-order chi connectivity index (χ0) is 45.4. The first-order chi connectivity index (χ1) is 31.4. The molecule has 336 valence electrons. The molecule has 3 amide bonds. The highest BCUT2D eigenvalue weighted by Gasteiger charge is 2.38. The number of carbonyl (C=O) groups excluding carboxylic acids is 3. The first kappa shape index (κ1) is 43.8. The Hall–Kier alpha value is -6.46. The van der Waals surface area contributed by atoms with Crippen LogP contribution in [0.2, 0.25) is 0 Å². The molecule has 0 bridgehead atoms. The lowest BCUT2D eigenvalue weighted by molar-refractivity contribution is -0.119. The maximum atomic E-state index is 14.1. The quantitative estimate of drug-likeness (QED) is 0.103. The van der Waals surface area contributed by atoms with Crippen LogP contribution in [0.3, 0.4) is 0 Å². The number of para-hydroxylation sites is 2. The Morgan fingerprint density at radius 2 is 1.46 bits per heavy atom. The number of fused-ring (bicyclic) bond motifs is 8. The molecular formula is C54H58N4O7. The summed E-state index contributed by atoms with van der Waals surface area (Å²) in [6.07, 6.45) is 7.16. The molecule has 11 heteroatoms. The van der Waals surface area contributed by atoms with E-state index < -0.39 is 0 Å². The van der Waals surface area contributed by atoms with Crippen LogP contribution in [0.4, 0.5) is 22.7 Å². The molecule has 0 aromatic heterocycles. The minimum absolute atomic E-state index is 0.0148. The van der Waals surface area contributed by atoms with E-state index in [-0.39, 0.29) is 48.4 Å². The highest BCUT2D eigenvalue weighted by atomic mass is 16.5. The fraction of sp³-hybridized carbons (Fsp3) is 0.370. The Morgan fingerprint density at radius 1 is 0.785 bits per heavy atom. The number of carbonyl (C=O) groups is 3. The number of amides is 3. The van der Waals surface area contributed by atoms with E-state index in [1.54, 1.807) is 31.3 Å². The van der Waals surface area contributed by atoms with Gasteiger partial charge in [0.2, 0.25) is 5.91 Å². The molecule has 0 radical (unpaired) electrons. The van der Waals surface area contributed by atoms with Gasteiger partial charge in [0, 0.05) is 67.4 Å². The smallest absolute Gasteiger partial charge is 0.261 e. The van der Waals surface area contributed by atoms with Gasteiger partial charge in [-0.3, -0.25) is 24.3 Å². The summed E-state index contributed by atoms with van der Waals surface area (Å²) >= 11 is 0. The Kier molecular flexibility index (Phi) is 12.3. The largest absolute Gasteiger partial charge is 0.493 e. The summed E-state index contributed by atoms with van der Waals surface area (Å²) in [6, 6.07) is 29.6. The third kappa shape index (κ3) is 8.74. The van der Waals surface area contributed by atoms with E-state index in [2.05, 4.69) is 39.0 Å². The van der Waals surface area contributed by atoms with Gasteiger partial charge in [0.1, 0.15) is 19.0 Å². The first-order valence-corrected chi connectivity index (χ1v) is 22.9. The minimum atomic E-state index is -0.184. The van der Waals surface area contributed by atoms with Crippen molar-refractivity contribution in [2.75, 3.05) is 42.1 Å². The van der Waals surface area contributed by atoms with E-state index in [1.165, 1.54) is 5.56 Å². The standard InChI is InChI=1S/C54H58N4O7/c1-7-54(3,4)19-18-51(59)56(20-21-62-5)41-24-35(32-64-48-28-37-16-17-40-26-38-12-8-10-14-46(38)57(40)52(60)43(37)22-34(48)2)23-36(25-41)33-65-50-30-45-44(29-49(50)63-6)53(61)58-42(31-55-45)27-39-13-9-11-15-47(39)58/h8-15,22-25,28-31,40,42H,7,16-21,26-27,32-33H2,1-6H3/t40-,42+/m1/s1. The first-order valence-electron chi connectivity index (χ1n) is 22.9.